The van der Waals surface area contributed by atoms with E-state index in [2.05, 4.69) is 25.2 Å². The second-order valence-corrected chi connectivity index (χ2v) is 11.9. The summed E-state index contributed by atoms with van der Waals surface area (Å²) in [6, 6.07) is 24.9. The Bertz CT molecular complexity index is 1540. The first-order valence-electron chi connectivity index (χ1n) is 15.6. The number of anilines is 3. The first-order chi connectivity index (χ1) is 21.0. The predicted octanol–water partition coefficient (Wildman–Crippen LogP) is 8.03. The molecule has 2 heterocycles. The maximum absolute atomic E-state index is 13.9. The summed E-state index contributed by atoms with van der Waals surface area (Å²) in [5, 5.41) is 13.7. The predicted molar refractivity (Wildman–Crippen MR) is 171 cm³/mol. The van der Waals surface area contributed by atoms with Crippen molar-refractivity contribution in [3.05, 3.63) is 101 Å². The highest BCUT2D eigenvalue weighted by Crippen LogP contribution is 2.51. The molecule has 1 aliphatic carbocycles. The van der Waals surface area contributed by atoms with Crippen molar-refractivity contribution in [2.75, 3.05) is 16.8 Å². The van der Waals surface area contributed by atoms with E-state index in [4.69, 9.17) is 4.74 Å². The molecular formula is C37H40N2O4. The molecule has 0 spiro atoms. The summed E-state index contributed by atoms with van der Waals surface area (Å²) in [6.07, 6.45) is 7.19. The van der Waals surface area contributed by atoms with Crippen LogP contribution in [0, 0.1) is 17.8 Å². The van der Waals surface area contributed by atoms with E-state index in [-0.39, 0.29) is 35.7 Å². The lowest BCUT2D eigenvalue weighted by molar-refractivity contribution is -0.122. The minimum absolute atomic E-state index is 0.0502. The van der Waals surface area contributed by atoms with Crippen LogP contribution in [0.5, 0.6) is 5.75 Å². The molecule has 3 aliphatic rings. The Balaban J connectivity index is 1.19. The van der Waals surface area contributed by atoms with Crippen molar-refractivity contribution in [3.63, 3.8) is 0 Å². The van der Waals surface area contributed by atoms with Gasteiger partial charge in [0.15, 0.2) is 0 Å². The van der Waals surface area contributed by atoms with Crippen molar-refractivity contribution in [2.45, 2.75) is 58.5 Å². The zero-order valence-electron chi connectivity index (χ0n) is 25.0. The molecule has 2 aliphatic heterocycles. The molecule has 0 aromatic heterocycles. The number of para-hydroxylation sites is 2. The van der Waals surface area contributed by atoms with Gasteiger partial charge in [0, 0.05) is 22.9 Å². The summed E-state index contributed by atoms with van der Waals surface area (Å²) in [5.41, 5.74) is 7.15. The fourth-order valence-corrected chi connectivity index (χ4v) is 7.18. The molecule has 2 amide bonds. The lowest BCUT2D eigenvalue weighted by Crippen LogP contribution is -2.34. The molecule has 0 bridgehead atoms. The van der Waals surface area contributed by atoms with Crippen molar-refractivity contribution in [3.8, 4) is 5.75 Å². The third-order valence-electron chi connectivity index (χ3n) is 9.22. The molecule has 6 nitrogen and oxygen atoms in total. The molecule has 2 N–H and O–H groups in total. The van der Waals surface area contributed by atoms with Crippen LogP contribution >= 0.6 is 0 Å². The standard InChI is InChI=1S/C37H40N2O4/c1-3-10-24(21-26-11-8-9-14-32(26)40)15-20-33-34-25(4-2)22-30-35(31(34)23-43-33)37(42)39(36(30)41)29-18-16-28(17-19-29)38-27-12-6-5-7-13-27/h5-9,11-14,16-19,21,30-31,33,35,38,40H,3-4,10,15,20,22-23H2,1-2H3/b24-21+/t30-,31+,33-,35-/m1/s1. The van der Waals surface area contributed by atoms with Crippen LogP contribution in [0.1, 0.15) is 57.9 Å². The summed E-state index contributed by atoms with van der Waals surface area (Å²) in [5.74, 6) is -0.682. The minimum Gasteiger partial charge on any atom is -0.507 e. The highest BCUT2D eigenvalue weighted by Gasteiger charge is 2.57. The topological polar surface area (TPSA) is 78.9 Å². The molecule has 2 saturated heterocycles. The van der Waals surface area contributed by atoms with Crippen molar-refractivity contribution in [1.29, 1.82) is 0 Å². The summed E-state index contributed by atoms with van der Waals surface area (Å²) in [4.78, 5) is 29.1. The van der Waals surface area contributed by atoms with Crippen molar-refractivity contribution < 1.29 is 19.4 Å². The molecule has 3 aromatic carbocycles. The first kappa shape index (κ1) is 28.9. The summed E-state index contributed by atoms with van der Waals surface area (Å²) < 4.78 is 6.41. The van der Waals surface area contributed by atoms with Gasteiger partial charge in [-0.05, 0) is 80.1 Å². The Morgan fingerprint density at radius 1 is 0.907 bits per heavy atom. The summed E-state index contributed by atoms with van der Waals surface area (Å²) in [7, 11) is 0. The average Bonchev–Trinajstić information content (AvgIpc) is 3.55. The second-order valence-electron chi connectivity index (χ2n) is 11.9. The van der Waals surface area contributed by atoms with E-state index in [1.54, 1.807) is 6.07 Å². The Kier molecular flexibility index (Phi) is 8.48. The smallest absolute Gasteiger partial charge is 0.238 e. The van der Waals surface area contributed by atoms with E-state index in [0.717, 1.165) is 49.0 Å². The SMILES string of the molecule is CCC/C(=C\c1ccccc1O)CC[C@H]1OC[C@H]2C1=C(CC)C[C@H]1C(=O)N(c3ccc(Nc4ccccc4)cc3)C(=O)[C@H]12. The van der Waals surface area contributed by atoms with E-state index < -0.39 is 0 Å². The quantitative estimate of drug-likeness (QED) is 0.189. The fourth-order valence-electron chi connectivity index (χ4n) is 7.18. The highest BCUT2D eigenvalue weighted by molar-refractivity contribution is 6.22. The van der Waals surface area contributed by atoms with E-state index >= 15 is 0 Å². The van der Waals surface area contributed by atoms with E-state index in [0.29, 0.717) is 24.5 Å². The third kappa shape index (κ3) is 5.76. The molecule has 0 radical (unpaired) electrons. The molecule has 3 aromatic rings. The van der Waals surface area contributed by atoms with Crippen molar-refractivity contribution in [2.24, 2.45) is 17.8 Å². The number of nitrogens with one attached hydrogen (secondary N) is 1. The van der Waals surface area contributed by atoms with Gasteiger partial charge in [-0.2, -0.15) is 0 Å². The van der Waals surface area contributed by atoms with Gasteiger partial charge in [-0.25, -0.2) is 0 Å². The summed E-state index contributed by atoms with van der Waals surface area (Å²) in [6.45, 7) is 4.79. The number of benzene rings is 3. The van der Waals surface area contributed by atoms with Gasteiger partial charge in [0.05, 0.1) is 30.2 Å². The number of amides is 2. The van der Waals surface area contributed by atoms with Crippen LogP contribution in [0.3, 0.4) is 0 Å². The molecule has 4 atom stereocenters. The molecular weight excluding hydrogens is 536 g/mol. The van der Waals surface area contributed by atoms with Crippen LogP contribution in [0.15, 0.2) is 95.6 Å². The number of imide groups is 1. The molecule has 6 heteroatoms. The second kappa shape index (κ2) is 12.6. The lowest BCUT2D eigenvalue weighted by atomic mass is 9.69. The van der Waals surface area contributed by atoms with Crippen LogP contribution in [0.25, 0.3) is 6.08 Å². The van der Waals surface area contributed by atoms with Crippen LogP contribution in [0.4, 0.5) is 17.1 Å². The Morgan fingerprint density at radius 2 is 1.63 bits per heavy atom. The van der Waals surface area contributed by atoms with Gasteiger partial charge in [0.25, 0.3) is 0 Å². The van der Waals surface area contributed by atoms with Gasteiger partial charge in [-0.1, -0.05) is 73.9 Å². The van der Waals surface area contributed by atoms with E-state index in [1.165, 1.54) is 21.6 Å². The average molecular weight is 577 g/mol. The number of nitrogens with zero attached hydrogens (tertiary/aromatic N) is 1. The number of phenolic OH excluding ortho intramolecular Hbond substituents is 1. The van der Waals surface area contributed by atoms with Gasteiger partial charge in [0.2, 0.25) is 11.8 Å². The molecule has 222 valence electrons. The number of hydrogen-bond donors (Lipinski definition) is 2. The number of fused-ring (bicyclic) bond motifs is 3. The highest BCUT2D eigenvalue weighted by atomic mass is 16.5. The zero-order chi connectivity index (χ0) is 29.9. The molecule has 6 rings (SSSR count). The van der Waals surface area contributed by atoms with Gasteiger partial charge < -0.3 is 15.2 Å². The Morgan fingerprint density at radius 3 is 2.35 bits per heavy atom. The zero-order valence-corrected chi connectivity index (χ0v) is 25.0. The monoisotopic (exact) mass is 576 g/mol. The number of carbonyl (C=O) groups is 2. The Hall–Kier alpha value is -4.16. The van der Waals surface area contributed by atoms with Crippen molar-refractivity contribution in [1.82, 2.24) is 0 Å². The lowest BCUT2D eigenvalue weighted by Gasteiger charge is -2.31. The summed E-state index contributed by atoms with van der Waals surface area (Å²) >= 11 is 0. The third-order valence-corrected chi connectivity index (χ3v) is 9.22. The number of carbonyl (C=O) groups excluding carboxylic acids is 2. The number of rotatable bonds is 10. The number of hydrogen-bond acceptors (Lipinski definition) is 5. The molecule has 0 unspecified atom stereocenters. The van der Waals surface area contributed by atoms with Gasteiger partial charge in [-0.3, -0.25) is 14.5 Å². The van der Waals surface area contributed by atoms with E-state index in [1.807, 2.05) is 72.8 Å². The maximum atomic E-state index is 13.9. The minimum atomic E-state index is -0.378. The van der Waals surface area contributed by atoms with E-state index in [9.17, 15) is 14.7 Å². The molecule has 2 fully saturated rings. The maximum Gasteiger partial charge on any atom is 0.238 e. The number of aromatic hydroxyl groups is 1. The normalized spacial score (nSPS) is 23.5. The number of ether oxygens (including phenoxy) is 1. The number of allylic oxidation sites excluding steroid dienone is 2. The van der Waals surface area contributed by atoms with Gasteiger partial charge >= 0.3 is 0 Å². The molecule has 0 saturated carbocycles. The Labute approximate surface area is 254 Å². The van der Waals surface area contributed by atoms with Gasteiger partial charge in [-0.15, -0.1) is 0 Å². The van der Waals surface area contributed by atoms with Crippen LogP contribution in [-0.2, 0) is 14.3 Å². The first-order valence-corrected chi connectivity index (χ1v) is 15.6. The fraction of sp³-hybridized carbons (Fsp3) is 0.351. The van der Waals surface area contributed by atoms with Crippen LogP contribution < -0.4 is 10.2 Å². The largest absolute Gasteiger partial charge is 0.507 e. The van der Waals surface area contributed by atoms with Gasteiger partial charge in [0.1, 0.15) is 5.75 Å². The van der Waals surface area contributed by atoms with Crippen molar-refractivity contribution >= 4 is 35.0 Å². The number of phenols is 1. The molecule has 43 heavy (non-hydrogen) atoms. The van der Waals surface area contributed by atoms with Crippen LogP contribution in [-0.4, -0.2) is 29.6 Å². The van der Waals surface area contributed by atoms with Crippen LogP contribution in [0.2, 0.25) is 0 Å².